The number of amides is 1. The van der Waals surface area contributed by atoms with Crippen LogP contribution in [0, 0.1) is 5.82 Å². The molecule has 1 atom stereocenters. The van der Waals surface area contributed by atoms with E-state index in [1.165, 1.54) is 6.07 Å². The highest BCUT2D eigenvalue weighted by Gasteiger charge is 2.32. The standard InChI is InChI=1S/C15H21FN2O2/c1-3-8-17-13-11(5-4-6-12(13)16)14(19)18-15(2)7-9-20-10-15/h4-6,17H,3,7-10H2,1-2H3,(H,18,19). The van der Waals surface area contributed by atoms with Crippen molar-refractivity contribution in [3.05, 3.63) is 29.6 Å². The first-order valence-corrected chi connectivity index (χ1v) is 6.98. The summed E-state index contributed by atoms with van der Waals surface area (Å²) in [6.07, 6.45) is 1.63. The summed E-state index contributed by atoms with van der Waals surface area (Å²) < 4.78 is 19.2. The molecule has 1 aliphatic heterocycles. The van der Waals surface area contributed by atoms with Crippen LogP contribution in [-0.2, 0) is 4.74 Å². The highest BCUT2D eigenvalue weighted by atomic mass is 19.1. The quantitative estimate of drug-likeness (QED) is 0.871. The molecule has 1 aromatic carbocycles. The molecule has 1 saturated heterocycles. The molecule has 1 fully saturated rings. The smallest absolute Gasteiger partial charge is 0.253 e. The first kappa shape index (κ1) is 14.8. The van der Waals surface area contributed by atoms with Gasteiger partial charge in [0.1, 0.15) is 5.82 Å². The molecule has 20 heavy (non-hydrogen) atoms. The van der Waals surface area contributed by atoms with Gasteiger partial charge < -0.3 is 15.4 Å². The van der Waals surface area contributed by atoms with Crippen LogP contribution in [0.1, 0.15) is 37.0 Å². The van der Waals surface area contributed by atoms with E-state index < -0.39 is 5.82 Å². The number of rotatable bonds is 5. The van der Waals surface area contributed by atoms with E-state index in [0.29, 0.717) is 25.3 Å². The largest absolute Gasteiger partial charge is 0.382 e. The van der Waals surface area contributed by atoms with Gasteiger partial charge in [-0.15, -0.1) is 0 Å². The van der Waals surface area contributed by atoms with Crippen LogP contribution in [0.4, 0.5) is 10.1 Å². The van der Waals surface area contributed by atoms with Crippen molar-refractivity contribution in [1.29, 1.82) is 0 Å². The minimum absolute atomic E-state index is 0.267. The van der Waals surface area contributed by atoms with Gasteiger partial charge in [-0.1, -0.05) is 13.0 Å². The molecule has 1 aliphatic rings. The summed E-state index contributed by atoms with van der Waals surface area (Å²) in [5.74, 6) is -0.671. The van der Waals surface area contributed by atoms with Crippen molar-refractivity contribution in [2.75, 3.05) is 25.1 Å². The molecule has 0 spiro atoms. The van der Waals surface area contributed by atoms with E-state index in [4.69, 9.17) is 4.74 Å². The molecule has 1 unspecified atom stereocenters. The van der Waals surface area contributed by atoms with Crippen LogP contribution in [0.2, 0.25) is 0 Å². The summed E-state index contributed by atoms with van der Waals surface area (Å²) in [7, 11) is 0. The molecular weight excluding hydrogens is 259 g/mol. The van der Waals surface area contributed by atoms with Crippen LogP contribution in [0.25, 0.3) is 0 Å². The second-order valence-corrected chi connectivity index (χ2v) is 5.41. The molecule has 1 heterocycles. The molecular formula is C15H21FN2O2. The summed E-state index contributed by atoms with van der Waals surface area (Å²) in [5, 5.41) is 5.93. The maximum absolute atomic E-state index is 13.9. The van der Waals surface area contributed by atoms with Crippen molar-refractivity contribution < 1.29 is 13.9 Å². The second-order valence-electron chi connectivity index (χ2n) is 5.41. The van der Waals surface area contributed by atoms with E-state index in [0.717, 1.165) is 12.8 Å². The topological polar surface area (TPSA) is 50.4 Å². The normalized spacial score (nSPS) is 21.8. The summed E-state index contributed by atoms with van der Waals surface area (Å²) in [5.41, 5.74) is 0.242. The molecule has 2 N–H and O–H groups in total. The molecule has 0 aromatic heterocycles. The lowest BCUT2D eigenvalue weighted by Gasteiger charge is -2.24. The molecule has 5 heteroatoms. The first-order valence-electron chi connectivity index (χ1n) is 6.98. The highest BCUT2D eigenvalue weighted by molar-refractivity contribution is 6.00. The van der Waals surface area contributed by atoms with Crippen LogP contribution < -0.4 is 10.6 Å². The number of halogens is 1. The number of ether oxygens (including phenoxy) is 1. The summed E-state index contributed by atoms with van der Waals surface area (Å²) in [6, 6.07) is 4.54. The predicted molar refractivity (Wildman–Crippen MR) is 76.5 cm³/mol. The molecule has 1 aromatic rings. The van der Waals surface area contributed by atoms with Gasteiger partial charge in [-0.05, 0) is 31.9 Å². The van der Waals surface area contributed by atoms with E-state index in [1.807, 2.05) is 13.8 Å². The number of hydrogen-bond acceptors (Lipinski definition) is 3. The Hall–Kier alpha value is -1.62. The van der Waals surface area contributed by atoms with Crippen LogP contribution in [0.15, 0.2) is 18.2 Å². The Morgan fingerprint density at radius 2 is 2.30 bits per heavy atom. The Balaban J connectivity index is 2.18. The molecule has 2 rings (SSSR count). The van der Waals surface area contributed by atoms with Crippen molar-refractivity contribution in [3.8, 4) is 0 Å². The number of benzene rings is 1. The Labute approximate surface area is 118 Å². The summed E-state index contributed by atoms with van der Waals surface area (Å²) in [6.45, 7) is 5.69. The number of para-hydroxylation sites is 1. The molecule has 110 valence electrons. The SMILES string of the molecule is CCCNc1c(F)cccc1C(=O)NC1(C)CCOC1. The molecule has 0 radical (unpaired) electrons. The van der Waals surface area contributed by atoms with Crippen LogP contribution in [-0.4, -0.2) is 31.2 Å². The zero-order valence-corrected chi connectivity index (χ0v) is 12.0. The van der Waals surface area contributed by atoms with Crippen molar-refractivity contribution >= 4 is 11.6 Å². The Morgan fingerprint density at radius 1 is 1.50 bits per heavy atom. The third kappa shape index (κ3) is 3.28. The van der Waals surface area contributed by atoms with E-state index >= 15 is 0 Å². The van der Waals surface area contributed by atoms with Gasteiger partial charge in [0.2, 0.25) is 0 Å². The van der Waals surface area contributed by atoms with Crippen molar-refractivity contribution in [1.82, 2.24) is 5.32 Å². The number of hydrogen-bond donors (Lipinski definition) is 2. The molecule has 0 saturated carbocycles. The van der Waals surface area contributed by atoms with E-state index in [2.05, 4.69) is 10.6 Å². The van der Waals surface area contributed by atoms with E-state index in [-0.39, 0.29) is 17.1 Å². The number of nitrogens with one attached hydrogen (secondary N) is 2. The number of anilines is 1. The average molecular weight is 280 g/mol. The molecule has 4 nitrogen and oxygen atoms in total. The predicted octanol–water partition coefficient (Wildman–Crippen LogP) is 2.56. The fourth-order valence-electron chi connectivity index (χ4n) is 2.25. The molecule has 1 amide bonds. The van der Waals surface area contributed by atoms with Gasteiger partial charge in [0.25, 0.3) is 5.91 Å². The first-order chi connectivity index (χ1) is 9.56. The molecule has 0 bridgehead atoms. The lowest BCUT2D eigenvalue weighted by atomic mass is 10.0. The van der Waals surface area contributed by atoms with Crippen LogP contribution in [0.5, 0.6) is 0 Å². The number of carbonyl (C=O) groups excluding carboxylic acids is 1. The van der Waals surface area contributed by atoms with Gasteiger partial charge in [-0.25, -0.2) is 4.39 Å². The second kappa shape index (κ2) is 6.22. The van der Waals surface area contributed by atoms with E-state index in [1.54, 1.807) is 12.1 Å². The van der Waals surface area contributed by atoms with Gasteiger partial charge in [-0.3, -0.25) is 4.79 Å². The van der Waals surface area contributed by atoms with Gasteiger partial charge in [-0.2, -0.15) is 0 Å². The van der Waals surface area contributed by atoms with Gasteiger partial charge in [0.15, 0.2) is 0 Å². The van der Waals surface area contributed by atoms with E-state index in [9.17, 15) is 9.18 Å². The van der Waals surface area contributed by atoms with Gasteiger partial charge in [0.05, 0.1) is 23.4 Å². The monoisotopic (exact) mass is 280 g/mol. The van der Waals surface area contributed by atoms with Crippen molar-refractivity contribution in [3.63, 3.8) is 0 Å². The number of carbonyl (C=O) groups is 1. The zero-order chi connectivity index (χ0) is 14.6. The minimum atomic E-state index is -0.404. The third-order valence-electron chi connectivity index (χ3n) is 3.44. The zero-order valence-electron chi connectivity index (χ0n) is 12.0. The fraction of sp³-hybridized carbons (Fsp3) is 0.533. The average Bonchev–Trinajstić information content (AvgIpc) is 2.83. The van der Waals surface area contributed by atoms with Crippen molar-refractivity contribution in [2.45, 2.75) is 32.2 Å². The van der Waals surface area contributed by atoms with Gasteiger partial charge >= 0.3 is 0 Å². The fourth-order valence-corrected chi connectivity index (χ4v) is 2.25. The highest BCUT2D eigenvalue weighted by Crippen LogP contribution is 2.23. The Kier molecular flexibility index (Phi) is 4.60. The Morgan fingerprint density at radius 3 is 2.95 bits per heavy atom. The third-order valence-corrected chi connectivity index (χ3v) is 3.44. The van der Waals surface area contributed by atoms with Crippen LogP contribution >= 0.6 is 0 Å². The maximum atomic E-state index is 13.9. The summed E-state index contributed by atoms with van der Waals surface area (Å²) >= 11 is 0. The molecule has 0 aliphatic carbocycles. The summed E-state index contributed by atoms with van der Waals surface area (Å²) in [4.78, 5) is 12.4. The maximum Gasteiger partial charge on any atom is 0.253 e. The minimum Gasteiger partial charge on any atom is -0.382 e. The Bertz CT molecular complexity index is 485. The van der Waals surface area contributed by atoms with Crippen molar-refractivity contribution in [2.24, 2.45) is 0 Å². The lowest BCUT2D eigenvalue weighted by molar-refractivity contribution is 0.0890. The lowest BCUT2D eigenvalue weighted by Crippen LogP contribution is -2.46. The van der Waals surface area contributed by atoms with Gasteiger partial charge in [0, 0.05) is 13.2 Å². The van der Waals surface area contributed by atoms with Crippen LogP contribution in [0.3, 0.4) is 0 Å².